The fraction of sp³-hybridized carbons (Fsp3) is 0.176. The molecule has 0 radical (unpaired) electrons. The van der Waals surface area contributed by atoms with E-state index in [0.717, 1.165) is 5.56 Å². The highest BCUT2D eigenvalue weighted by atomic mass is 32.2. The Hall–Kier alpha value is -2.91. The molecular formula is C17H15N3O5S. The molecule has 0 fully saturated rings. The van der Waals surface area contributed by atoms with Gasteiger partial charge in [-0.3, -0.25) is 14.1 Å². The summed E-state index contributed by atoms with van der Waals surface area (Å²) >= 11 is 0. The molecule has 0 saturated heterocycles. The third-order valence-corrected chi connectivity index (χ3v) is 5.51. The standard InChI is InChI=1S/C17H15N3O5S/c1-20-5-4-10-13(17(20)22)8-18-15(10)7-12-11-6-9(26(23,24)25)2-3-14(11)19-16(12)21/h2-3,6-8,18H,4-5H2,1H3,(H,19,21)(H,23,24,25)/b12-7-. The maximum absolute atomic E-state index is 12.3. The van der Waals surface area contributed by atoms with Gasteiger partial charge in [-0.25, -0.2) is 0 Å². The van der Waals surface area contributed by atoms with Crippen LogP contribution in [0.25, 0.3) is 11.6 Å². The Kier molecular flexibility index (Phi) is 3.53. The molecule has 8 nitrogen and oxygen atoms in total. The number of amides is 2. The van der Waals surface area contributed by atoms with Gasteiger partial charge in [-0.1, -0.05) is 0 Å². The van der Waals surface area contributed by atoms with E-state index in [0.29, 0.717) is 35.5 Å². The van der Waals surface area contributed by atoms with E-state index in [2.05, 4.69) is 10.3 Å². The smallest absolute Gasteiger partial charge is 0.294 e. The third-order valence-electron chi connectivity index (χ3n) is 4.66. The highest BCUT2D eigenvalue weighted by Crippen LogP contribution is 2.35. The summed E-state index contributed by atoms with van der Waals surface area (Å²) in [5.41, 5.74) is 3.14. The van der Waals surface area contributed by atoms with Crippen LogP contribution in [0.2, 0.25) is 0 Å². The molecule has 0 unspecified atom stereocenters. The van der Waals surface area contributed by atoms with Crippen LogP contribution in [0.3, 0.4) is 0 Å². The molecule has 2 amide bonds. The predicted octanol–water partition coefficient (Wildman–Crippen LogP) is 1.38. The SMILES string of the molecule is CN1CCc2c(c[nH]c2/C=C2\C(=O)Nc3ccc(S(=O)(=O)O)cc32)C1=O. The first-order valence-corrected chi connectivity index (χ1v) is 9.30. The van der Waals surface area contributed by atoms with Crippen LogP contribution in [0, 0.1) is 0 Å². The molecule has 3 N–H and O–H groups in total. The molecule has 1 aromatic heterocycles. The lowest BCUT2D eigenvalue weighted by atomic mass is 9.99. The summed E-state index contributed by atoms with van der Waals surface area (Å²) in [4.78, 5) is 28.9. The highest BCUT2D eigenvalue weighted by Gasteiger charge is 2.29. The van der Waals surface area contributed by atoms with Gasteiger partial charge in [-0.2, -0.15) is 8.42 Å². The zero-order chi connectivity index (χ0) is 18.6. The van der Waals surface area contributed by atoms with E-state index < -0.39 is 10.1 Å². The number of benzene rings is 1. The second kappa shape index (κ2) is 5.55. The molecule has 0 saturated carbocycles. The van der Waals surface area contributed by atoms with Crippen LogP contribution in [0.5, 0.6) is 0 Å². The van der Waals surface area contributed by atoms with Gasteiger partial charge in [0.25, 0.3) is 21.9 Å². The summed E-state index contributed by atoms with van der Waals surface area (Å²) in [6, 6.07) is 3.91. The molecule has 0 spiro atoms. The molecule has 4 rings (SSSR count). The number of carbonyl (C=O) groups is 2. The number of fused-ring (bicyclic) bond motifs is 2. The molecule has 1 aromatic carbocycles. The molecule has 134 valence electrons. The fourth-order valence-electron chi connectivity index (χ4n) is 3.26. The Morgan fingerprint density at radius 2 is 2.00 bits per heavy atom. The summed E-state index contributed by atoms with van der Waals surface area (Å²) in [5.74, 6) is -0.466. The fourth-order valence-corrected chi connectivity index (χ4v) is 3.77. The Morgan fingerprint density at radius 1 is 1.23 bits per heavy atom. The quantitative estimate of drug-likeness (QED) is 0.543. The normalized spacial score (nSPS) is 18.1. The minimum Gasteiger partial charge on any atom is -0.361 e. The molecule has 0 aliphatic carbocycles. The van der Waals surface area contributed by atoms with Crippen LogP contribution in [0.15, 0.2) is 29.3 Å². The van der Waals surface area contributed by atoms with Crippen LogP contribution < -0.4 is 5.32 Å². The van der Waals surface area contributed by atoms with Crippen LogP contribution in [-0.2, 0) is 21.3 Å². The average Bonchev–Trinajstić information content (AvgIpc) is 3.12. The van der Waals surface area contributed by atoms with E-state index in [-0.39, 0.29) is 22.3 Å². The van der Waals surface area contributed by atoms with E-state index in [1.807, 2.05) is 0 Å². The minimum atomic E-state index is -4.38. The van der Waals surface area contributed by atoms with Crippen LogP contribution >= 0.6 is 0 Å². The van der Waals surface area contributed by atoms with Crippen molar-refractivity contribution in [3.8, 4) is 0 Å². The Labute approximate surface area is 149 Å². The topological polar surface area (TPSA) is 120 Å². The zero-order valence-corrected chi connectivity index (χ0v) is 14.6. The van der Waals surface area contributed by atoms with Crippen molar-refractivity contribution in [1.29, 1.82) is 0 Å². The summed E-state index contributed by atoms with van der Waals surface area (Å²) in [6.07, 6.45) is 3.87. The number of hydrogen-bond donors (Lipinski definition) is 3. The van der Waals surface area contributed by atoms with E-state index in [9.17, 15) is 22.6 Å². The molecule has 26 heavy (non-hydrogen) atoms. The van der Waals surface area contributed by atoms with Crippen molar-refractivity contribution >= 4 is 39.3 Å². The monoisotopic (exact) mass is 373 g/mol. The molecule has 0 atom stereocenters. The van der Waals surface area contributed by atoms with Gasteiger partial charge in [0.15, 0.2) is 0 Å². The molecule has 2 aliphatic rings. The van der Waals surface area contributed by atoms with Gasteiger partial charge in [-0.05, 0) is 36.3 Å². The summed E-state index contributed by atoms with van der Waals surface area (Å²) in [7, 11) is -2.65. The Balaban J connectivity index is 1.82. The second-order valence-electron chi connectivity index (χ2n) is 6.27. The first-order chi connectivity index (χ1) is 12.3. The number of H-pyrrole nitrogens is 1. The summed E-state index contributed by atoms with van der Waals surface area (Å²) in [6.45, 7) is 0.579. The lowest BCUT2D eigenvalue weighted by molar-refractivity contribution is -0.110. The molecular weight excluding hydrogens is 358 g/mol. The number of likely N-dealkylation sites (N-methyl/N-ethyl adjacent to an activating group) is 1. The maximum atomic E-state index is 12.3. The number of rotatable bonds is 2. The Bertz CT molecular complexity index is 1100. The van der Waals surface area contributed by atoms with Crippen LogP contribution in [0.4, 0.5) is 5.69 Å². The number of aromatic amines is 1. The van der Waals surface area contributed by atoms with Gasteiger partial charge in [0.05, 0.1) is 16.0 Å². The summed E-state index contributed by atoms with van der Waals surface area (Å²) < 4.78 is 32.0. The Morgan fingerprint density at radius 3 is 2.73 bits per heavy atom. The second-order valence-corrected chi connectivity index (χ2v) is 7.69. The van der Waals surface area contributed by atoms with Gasteiger partial charge in [0.1, 0.15) is 0 Å². The minimum absolute atomic E-state index is 0.0860. The highest BCUT2D eigenvalue weighted by molar-refractivity contribution is 7.85. The first kappa shape index (κ1) is 16.6. The number of carbonyl (C=O) groups excluding carboxylic acids is 2. The first-order valence-electron chi connectivity index (χ1n) is 7.86. The van der Waals surface area contributed by atoms with Gasteiger partial charge in [0, 0.05) is 36.7 Å². The number of anilines is 1. The molecule has 2 aliphatic heterocycles. The molecule has 2 aromatic rings. The molecule has 3 heterocycles. The van der Waals surface area contributed by atoms with Crippen LogP contribution in [0.1, 0.15) is 27.2 Å². The number of nitrogens with one attached hydrogen (secondary N) is 2. The van der Waals surface area contributed by atoms with E-state index >= 15 is 0 Å². The van der Waals surface area contributed by atoms with Gasteiger partial charge >= 0.3 is 0 Å². The molecule has 0 bridgehead atoms. The largest absolute Gasteiger partial charge is 0.361 e. The number of hydrogen-bond acceptors (Lipinski definition) is 4. The number of nitrogens with zero attached hydrogens (tertiary/aromatic N) is 1. The number of aromatic nitrogens is 1. The van der Waals surface area contributed by atoms with Crippen molar-refractivity contribution in [3.05, 3.63) is 46.8 Å². The lowest BCUT2D eigenvalue weighted by Gasteiger charge is -2.22. The van der Waals surface area contributed by atoms with Gasteiger partial charge < -0.3 is 15.2 Å². The summed E-state index contributed by atoms with van der Waals surface area (Å²) in [5, 5.41) is 2.66. The lowest BCUT2D eigenvalue weighted by Crippen LogP contribution is -2.33. The van der Waals surface area contributed by atoms with Crippen molar-refractivity contribution in [3.63, 3.8) is 0 Å². The van der Waals surface area contributed by atoms with Gasteiger partial charge in [-0.15, -0.1) is 0 Å². The third kappa shape index (κ3) is 2.52. The zero-order valence-electron chi connectivity index (χ0n) is 13.7. The van der Waals surface area contributed by atoms with Crippen molar-refractivity contribution in [2.45, 2.75) is 11.3 Å². The van der Waals surface area contributed by atoms with E-state index in [4.69, 9.17) is 0 Å². The van der Waals surface area contributed by atoms with Crippen LogP contribution in [-0.4, -0.2) is 48.3 Å². The predicted molar refractivity (Wildman–Crippen MR) is 94.2 cm³/mol. The van der Waals surface area contributed by atoms with Crippen molar-refractivity contribution < 1.29 is 22.6 Å². The van der Waals surface area contributed by atoms with E-state index in [1.165, 1.54) is 18.2 Å². The maximum Gasteiger partial charge on any atom is 0.294 e. The molecule has 9 heteroatoms. The van der Waals surface area contributed by atoms with Gasteiger partial charge in [0.2, 0.25) is 0 Å². The van der Waals surface area contributed by atoms with Crippen molar-refractivity contribution in [2.75, 3.05) is 18.9 Å². The van der Waals surface area contributed by atoms with Crippen molar-refractivity contribution in [2.24, 2.45) is 0 Å². The van der Waals surface area contributed by atoms with E-state index in [1.54, 1.807) is 24.2 Å². The average molecular weight is 373 g/mol. The van der Waals surface area contributed by atoms with Crippen molar-refractivity contribution in [1.82, 2.24) is 9.88 Å².